The maximum atomic E-state index is 12.1. The number of fused-ring (bicyclic) bond motifs is 1. The van der Waals surface area contributed by atoms with Gasteiger partial charge in [-0.1, -0.05) is 36.0 Å². The molecule has 0 spiro atoms. The van der Waals surface area contributed by atoms with Crippen molar-refractivity contribution in [2.24, 2.45) is 0 Å². The lowest BCUT2D eigenvalue weighted by molar-refractivity contribution is 0.252. The third-order valence-corrected chi connectivity index (χ3v) is 4.85. The summed E-state index contributed by atoms with van der Waals surface area (Å²) in [6, 6.07) is 15.1. The first-order chi connectivity index (χ1) is 13.7. The zero-order valence-electron chi connectivity index (χ0n) is 15.2. The van der Waals surface area contributed by atoms with E-state index in [9.17, 15) is 4.79 Å². The molecule has 0 aliphatic carbocycles. The van der Waals surface area contributed by atoms with Crippen molar-refractivity contribution in [2.45, 2.75) is 25.2 Å². The molecular weight excluding hydrogens is 376 g/mol. The minimum atomic E-state index is -0.126. The minimum Gasteiger partial charge on any atom is -0.484 e. The van der Waals surface area contributed by atoms with E-state index in [4.69, 9.17) is 9.15 Å². The van der Waals surface area contributed by atoms with Gasteiger partial charge >= 0.3 is 0 Å². The molecule has 0 bridgehead atoms. The molecule has 2 heterocycles. The molecule has 0 unspecified atom stereocenters. The fraction of sp³-hybridized carbons (Fsp3) is 0.200. The van der Waals surface area contributed by atoms with Gasteiger partial charge in [-0.3, -0.25) is 4.79 Å². The number of H-pyrrole nitrogens is 1. The maximum absolute atomic E-state index is 12.1. The van der Waals surface area contributed by atoms with Crippen molar-refractivity contribution in [2.75, 3.05) is 5.75 Å². The number of thioether (sulfide) groups is 1. The fourth-order valence-corrected chi connectivity index (χ4v) is 3.42. The van der Waals surface area contributed by atoms with Gasteiger partial charge in [0.1, 0.15) is 11.6 Å². The molecule has 142 valence electrons. The molecule has 0 saturated heterocycles. The van der Waals surface area contributed by atoms with E-state index in [1.807, 2.05) is 49.4 Å². The van der Waals surface area contributed by atoms with E-state index in [1.54, 1.807) is 6.07 Å². The normalized spacial score (nSPS) is 11.0. The van der Waals surface area contributed by atoms with Crippen LogP contribution in [0.2, 0.25) is 0 Å². The number of aryl methyl sites for hydroxylation is 2. The molecule has 0 amide bonds. The molecule has 0 atom stereocenters. The van der Waals surface area contributed by atoms with Crippen LogP contribution in [0.4, 0.5) is 0 Å². The van der Waals surface area contributed by atoms with Crippen LogP contribution in [0.1, 0.15) is 17.3 Å². The van der Waals surface area contributed by atoms with Crippen LogP contribution >= 0.6 is 11.8 Å². The summed E-state index contributed by atoms with van der Waals surface area (Å²) >= 11 is 1.41. The lowest BCUT2D eigenvalue weighted by Crippen LogP contribution is -2.12. The second kappa shape index (κ2) is 8.26. The predicted molar refractivity (Wildman–Crippen MR) is 107 cm³/mol. The maximum Gasteiger partial charge on any atom is 0.276 e. The van der Waals surface area contributed by atoms with Crippen LogP contribution in [0.25, 0.3) is 10.9 Å². The lowest BCUT2D eigenvalue weighted by Gasteiger charge is -2.03. The lowest BCUT2D eigenvalue weighted by atomic mass is 10.2. The van der Waals surface area contributed by atoms with E-state index in [0.717, 1.165) is 11.3 Å². The molecule has 0 aliphatic heterocycles. The molecule has 0 fully saturated rings. The zero-order chi connectivity index (χ0) is 19.3. The smallest absolute Gasteiger partial charge is 0.276 e. The Kier molecular flexibility index (Phi) is 5.38. The Balaban J connectivity index is 1.32. The first-order valence-corrected chi connectivity index (χ1v) is 9.78. The number of hydrogen-bond donors (Lipinski definition) is 1. The molecule has 0 aliphatic rings. The van der Waals surface area contributed by atoms with Gasteiger partial charge in [0.15, 0.2) is 6.61 Å². The second-order valence-corrected chi connectivity index (χ2v) is 7.24. The zero-order valence-corrected chi connectivity index (χ0v) is 16.0. The van der Waals surface area contributed by atoms with Crippen LogP contribution < -0.4 is 10.3 Å². The van der Waals surface area contributed by atoms with Crippen molar-refractivity contribution in [3.8, 4) is 5.75 Å². The van der Waals surface area contributed by atoms with Crippen LogP contribution in [0, 0.1) is 6.92 Å². The van der Waals surface area contributed by atoms with Crippen LogP contribution in [-0.4, -0.2) is 25.9 Å². The van der Waals surface area contributed by atoms with Crippen LogP contribution in [0.15, 0.2) is 63.0 Å². The van der Waals surface area contributed by atoms with E-state index in [-0.39, 0.29) is 12.2 Å². The van der Waals surface area contributed by atoms with E-state index in [1.165, 1.54) is 11.8 Å². The Morgan fingerprint density at radius 2 is 2.04 bits per heavy atom. The van der Waals surface area contributed by atoms with Crippen molar-refractivity contribution < 1.29 is 9.15 Å². The summed E-state index contributed by atoms with van der Waals surface area (Å²) in [7, 11) is 0. The third kappa shape index (κ3) is 4.40. The summed E-state index contributed by atoms with van der Waals surface area (Å²) < 4.78 is 11.2. The summed E-state index contributed by atoms with van der Waals surface area (Å²) in [5.41, 5.74) is 1.69. The van der Waals surface area contributed by atoms with Gasteiger partial charge in [-0.05, 0) is 36.8 Å². The number of hydrogen-bond acceptors (Lipinski definition) is 7. The molecule has 2 aromatic heterocycles. The number of nitrogens with one attached hydrogen (secondary N) is 1. The largest absolute Gasteiger partial charge is 0.484 e. The number of rotatable bonds is 7. The predicted octanol–water partition coefficient (Wildman–Crippen LogP) is 3.53. The molecule has 0 saturated carbocycles. The molecule has 7 nitrogen and oxygen atoms in total. The minimum absolute atomic E-state index is 0.126. The van der Waals surface area contributed by atoms with Gasteiger partial charge < -0.3 is 14.1 Å². The first kappa shape index (κ1) is 18.2. The second-order valence-electron chi connectivity index (χ2n) is 6.20. The molecule has 8 heteroatoms. The highest BCUT2D eigenvalue weighted by Crippen LogP contribution is 2.19. The van der Waals surface area contributed by atoms with Crippen LogP contribution in [0.5, 0.6) is 5.75 Å². The standard InChI is InChI=1S/C20H18N4O3S/c1-13-5-4-6-14(11-13)26-12-18-23-24-20(27-18)28-10-9-17-21-16-8-3-2-7-15(16)19(25)22-17/h2-8,11H,9-10,12H2,1H3,(H,21,22,25). The highest BCUT2D eigenvalue weighted by atomic mass is 32.2. The molecular formula is C20H18N4O3S. The van der Waals surface area contributed by atoms with Gasteiger partial charge in [-0.15, -0.1) is 10.2 Å². The average Bonchev–Trinajstić information content (AvgIpc) is 3.14. The summed E-state index contributed by atoms with van der Waals surface area (Å²) in [6.07, 6.45) is 0.586. The van der Waals surface area contributed by atoms with Crippen molar-refractivity contribution in [3.63, 3.8) is 0 Å². The number of aromatic amines is 1. The fourth-order valence-electron chi connectivity index (χ4n) is 2.69. The highest BCUT2D eigenvalue weighted by molar-refractivity contribution is 7.99. The summed E-state index contributed by atoms with van der Waals surface area (Å²) in [4.78, 5) is 19.4. The number of aromatic nitrogens is 4. The average molecular weight is 394 g/mol. The first-order valence-electron chi connectivity index (χ1n) is 8.80. The van der Waals surface area contributed by atoms with Crippen LogP contribution in [0.3, 0.4) is 0 Å². The van der Waals surface area contributed by atoms with E-state index in [0.29, 0.717) is 40.0 Å². The molecule has 1 N–H and O–H groups in total. The third-order valence-electron chi connectivity index (χ3n) is 4.03. The number of nitrogens with zero attached hydrogens (tertiary/aromatic N) is 3. The summed E-state index contributed by atoms with van der Waals surface area (Å²) in [6.45, 7) is 2.22. The SMILES string of the molecule is Cc1cccc(OCc2nnc(SCCc3nc4ccccc4c(=O)[nH]3)o2)c1. The van der Waals surface area contributed by atoms with E-state index in [2.05, 4.69) is 20.2 Å². The van der Waals surface area contributed by atoms with Gasteiger partial charge in [0.25, 0.3) is 16.7 Å². The summed E-state index contributed by atoms with van der Waals surface area (Å²) in [5, 5.41) is 9.07. The Hall–Kier alpha value is -3.13. The molecule has 0 radical (unpaired) electrons. The Labute approximate surface area is 165 Å². The van der Waals surface area contributed by atoms with Gasteiger partial charge in [0, 0.05) is 12.2 Å². The van der Waals surface area contributed by atoms with Gasteiger partial charge in [-0.25, -0.2) is 4.98 Å². The van der Waals surface area contributed by atoms with E-state index < -0.39 is 0 Å². The van der Waals surface area contributed by atoms with Crippen molar-refractivity contribution in [1.29, 1.82) is 0 Å². The Morgan fingerprint density at radius 3 is 2.93 bits per heavy atom. The van der Waals surface area contributed by atoms with Crippen molar-refractivity contribution in [1.82, 2.24) is 20.2 Å². The molecule has 4 aromatic rings. The Morgan fingerprint density at radius 1 is 1.14 bits per heavy atom. The Bertz CT molecular complexity index is 1160. The van der Waals surface area contributed by atoms with Crippen LogP contribution in [-0.2, 0) is 13.0 Å². The number of benzene rings is 2. The van der Waals surface area contributed by atoms with Crippen molar-refractivity contribution >= 4 is 22.7 Å². The monoisotopic (exact) mass is 394 g/mol. The van der Waals surface area contributed by atoms with Gasteiger partial charge in [0.2, 0.25) is 0 Å². The topological polar surface area (TPSA) is 93.9 Å². The number of ether oxygens (including phenoxy) is 1. The molecule has 2 aromatic carbocycles. The molecule has 28 heavy (non-hydrogen) atoms. The van der Waals surface area contributed by atoms with Gasteiger partial charge in [0.05, 0.1) is 10.9 Å². The van der Waals surface area contributed by atoms with Crippen molar-refractivity contribution in [3.05, 3.63) is 76.2 Å². The number of para-hydroxylation sites is 1. The van der Waals surface area contributed by atoms with Gasteiger partial charge in [-0.2, -0.15) is 0 Å². The quantitative estimate of drug-likeness (QED) is 0.479. The summed E-state index contributed by atoms with van der Waals surface area (Å²) in [5.74, 6) is 2.47. The van der Waals surface area contributed by atoms with E-state index >= 15 is 0 Å². The molecule has 4 rings (SSSR count). The highest BCUT2D eigenvalue weighted by Gasteiger charge is 2.09.